The van der Waals surface area contributed by atoms with Crippen molar-refractivity contribution in [1.29, 1.82) is 0 Å². The van der Waals surface area contributed by atoms with Crippen LogP contribution in [0.25, 0.3) is 21.8 Å². The first-order valence-electron chi connectivity index (χ1n) is 25.9. The molecule has 76 heavy (non-hydrogen) atoms. The van der Waals surface area contributed by atoms with Gasteiger partial charge in [0.05, 0.1) is 25.3 Å². The molecule has 2 fully saturated rings. The Hall–Kier alpha value is -7.70. The van der Waals surface area contributed by atoms with Gasteiger partial charge in [0.25, 0.3) is 0 Å². The third-order valence-corrected chi connectivity index (χ3v) is 15.5. The smallest absolute Gasteiger partial charge is 0.303 e. The van der Waals surface area contributed by atoms with Gasteiger partial charge in [0.15, 0.2) is 49.1 Å². The lowest BCUT2D eigenvalue weighted by Crippen LogP contribution is -2.62. The third-order valence-electron chi connectivity index (χ3n) is 15.5. The molecule has 4 aliphatic heterocycles. The number of nitrogens with one attached hydrogen (secondary N) is 2. The normalized spacial score (nSPS) is 27.7. The molecule has 6 aromatic rings. The molecular formula is C58H60N4O14. The molecule has 12 atom stereocenters. The Labute approximate surface area is 438 Å². The fraction of sp³-hybridized carbons (Fsp3) is 0.414. The Balaban J connectivity index is 0.000000162. The standard InChI is InChI=1S/2C29H30N2O7/c2*1-15(32)36-24-14-35-29(28(38-17(3)34)27(24)37-16(2)33)31-23-11-7-5-9-19(23)21-13-12-20-18-8-4-6-10-22(18)30-25(20)26(21)31/h2*4-11,21,24,26-30H,12-14H2,1-3H3. The lowest BCUT2D eigenvalue weighted by atomic mass is 9.80. The Bertz CT molecular complexity index is 3040. The van der Waals surface area contributed by atoms with Gasteiger partial charge in [-0.05, 0) is 72.2 Å². The molecule has 18 nitrogen and oxygen atoms in total. The van der Waals surface area contributed by atoms with Crippen molar-refractivity contribution in [3.8, 4) is 0 Å². The summed E-state index contributed by atoms with van der Waals surface area (Å²) in [5.74, 6) is -2.96. The zero-order valence-electron chi connectivity index (χ0n) is 43.0. The number of anilines is 2. The number of hydrogen-bond donors (Lipinski definition) is 2. The molecule has 4 aromatic carbocycles. The zero-order valence-corrected chi connectivity index (χ0v) is 43.0. The number of benzene rings is 4. The van der Waals surface area contributed by atoms with Gasteiger partial charge in [-0.25, -0.2) is 0 Å². The monoisotopic (exact) mass is 1040 g/mol. The van der Waals surface area contributed by atoms with E-state index in [0.717, 1.165) is 59.5 Å². The molecule has 0 bridgehead atoms. The SMILES string of the molecule is CC(=O)OC1COC(N2c3ccccc3C3CCc4c([nH]c5ccccc45)C32)C(OC(C)=O)C1OC(C)=O.CC(=O)OC1COC(N2c3ccccc3C3CCc4c([nH]c5ccccc45)C32)C(OC(C)=O)C1OC(C)=O. The van der Waals surface area contributed by atoms with Crippen LogP contribution in [-0.2, 0) is 79.5 Å². The summed E-state index contributed by atoms with van der Waals surface area (Å²) >= 11 is 0. The molecule has 12 rings (SSSR count). The van der Waals surface area contributed by atoms with Crippen LogP contribution >= 0.6 is 0 Å². The first-order valence-corrected chi connectivity index (χ1v) is 25.9. The van der Waals surface area contributed by atoms with E-state index in [4.69, 9.17) is 37.9 Å². The van der Waals surface area contributed by atoms with E-state index in [1.165, 1.54) is 74.6 Å². The Morgan fingerprint density at radius 2 is 0.789 bits per heavy atom. The molecule has 396 valence electrons. The number of aromatic amines is 2. The number of para-hydroxylation sites is 4. The van der Waals surface area contributed by atoms with Crippen LogP contribution in [-0.4, -0.2) is 108 Å². The highest BCUT2D eigenvalue weighted by molar-refractivity contribution is 5.87. The second-order valence-corrected chi connectivity index (χ2v) is 20.3. The Kier molecular flexibility index (Phi) is 13.6. The van der Waals surface area contributed by atoms with Crippen LogP contribution in [0, 0.1) is 0 Å². The maximum atomic E-state index is 12.3. The number of hydrogen-bond acceptors (Lipinski definition) is 16. The summed E-state index contributed by atoms with van der Waals surface area (Å²) in [6.07, 6.45) is -3.77. The van der Waals surface area contributed by atoms with Gasteiger partial charge in [0.1, 0.15) is 0 Å². The van der Waals surface area contributed by atoms with Crippen LogP contribution < -0.4 is 9.80 Å². The van der Waals surface area contributed by atoms with E-state index in [1.807, 2.05) is 60.7 Å². The zero-order chi connectivity index (χ0) is 53.1. The molecule has 6 aliphatic rings. The molecule has 2 N–H and O–H groups in total. The molecule has 0 radical (unpaired) electrons. The lowest BCUT2D eigenvalue weighted by Gasteiger charge is -2.47. The minimum Gasteiger partial charge on any atom is -0.456 e. The number of carbonyl (C=O) groups excluding carboxylic acids is 6. The van der Waals surface area contributed by atoms with Crippen molar-refractivity contribution in [3.63, 3.8) is 0 Å². The van der Waals surface area contributed by atoms with Crippen molar-refractivity contribution in [3.05, 3.63) is 131 Å². The summed E-state index contributed by atoms with van der Waals surface area (Å²) in [7, 11) is 0. The average Bonchev–Trinajstić information content (AvgIpc) is 4.21. The first kappa shape index (κ1) is 50.5. The largest absolute Gasteiger partial charge is 0.456 e. The highest BCUT2D eigenvalue weighted by Crippen LogP contribution is 2.58. The van der Waals surface area contributed by atoms with Gasteiger partial charge in [0.2, 0.25) is 0 Å². The highest BCUT2D eigenvalue weighted by atomic mass is 16.7. The van der Waals surface area contributed by atoms with Gasteiger partial charge >= 0.3 is 35.8 Å². The van der Waals surface area contributed by atoms with Crippen LogP contribution in [0.2, 0.25) is 0 Å². The van der Waals surface area contributed by atoms with Gasteiger partial charge in [-0.15, -0.1) is 0 Å². The molecule has 18 heteroatoms. The van der Waals surface area contributed by atoms with Crippen molar-refractivity contribution >= 4 is 69.0 Å². The molecule has 2 saturated heterocycles. The number of nitrogens with zero attached hydrogens (tertiary/aromatic N) is 2. The number of aryl methyl sites for hydroxylation is 2. The van der Waals surface area contributed by atoms with E-state index < -0.39 is 84.9 Å². The van der Waals surface area contributed by atoms with Gasteiger partial charge in [-0.3, -0.25) is 28.8 Å². The summed E-state index contributed by atoms with van der Waals surface area (Å²) in [6.45, 7) is 7.67. The van der Waals surface area contributed by atoms with Crippen LogP contribution in [0.1, 0.15) is 112 Å². The number of carbonyl (C=O) groups is 6. The topological polar surface area (TPSA) is 214 Å². The summed E-state index contributed by atoms with van der Waals surface area (Å²) in [5.41, 5.74) is 11.2. The van der Waals surface area contributed by atoms with Crippen molar-refractivity contribution in [2.45, 2.75) is 140 Å². The van der Waals surface area contributed by atoms with E-state index in [2.05, 4.69) is 56.2 Å². The number of aromatic nitrogens is 2. The molecule has 0 saturated carbocycles. The Morgan fingerprint density at radius 1 is 0.447 bits per heavy atom. The van der Waals surface area contributed by atoms with E-state index in [0.29, 0.717) is 0 Å². The molecular weight excluding hydrogens is 977 g/mol. The molecule has 2 aromatic heterocycles. The van der Waals surface area contributed by atoms with Gasteiger partial charge < -0.3 is 57.7 Å². The van der Waals surface area contributed by atoms with Gasteiger partial charge in [-0.2, -0.15) is 0 Å². The highest BCUT2D eigenvalue weighted by Gasteiger charge is 2.57. The summed E-state index contributed by atoms with van der Waals surface area (Å²) in [6, 6.07) is 32.7. The number of ether oxygens (including phenoxy) is 8. The predicted octanol–water partition coefficient (Wildman–Crippen LogP) is 7.82. The third kappa shape index (κ3) is 9.10. The first-order chi connectivity index (χ1) is 36.7. The quantitative estimate of drug-likeness (QED) is 0.110. The van der Waals surface area contributed by atoms with E-state index in [-0.39, 0.29) is 37.1 Å². The minimum absolute atomic E-state index is 0.0183. The maximum absolute atomic E-state index is 12.3. The molecule has 6 heterocycles. The molecule has 0 spiro atoms. The molecule has 12 unspecified atom stereocenters. The minimum atomic E-state index is -1.03. The average molecular weight is 1040 g/mol. The van der Waals surface area contributed by atoms with Gasteiger partial charge in [0, 0.05) is 97.9 Å². The van der Waals surface area contributed by atoms with E-state index in [9.17, 15) is 28.8 Å². The predicted molar refractivity (Wildman–Crippen MR) is 275 cm³/mol. The fourth-order valence-electron chi connectivity index (χ4n) is 13.0. The van der Waals surface area contributed by atoms with Crippen molar-refractivity contribution in [1.82, 2.24) is 9.97 Å². The summed E-state index contributed by atoms with van der Waals surface area (Å²) in [5, 5.41) is 2.40. The van der Waals surface area contributed by atoms with Crippen molar-refractivity contribution in [2.75, 3.05) is 23.0 Å². The van der Waals surface area contributed by atoms with Crippen molar-refractivity contribution in [2.24, 2.45) is 0 Å². The second-order valence-electron chi connectivity index (χ2n) is 20.3. The van der Waals surface area contributed by atoms with Gasteiger partial charge in [-0.1, -0.05) is 72.8 Å². The molecule has 2 aliphatic carbocycles. The molecule has 0 amide bonds. The van der Waals surface area contributed by atoms with Crippen LogP contribution in [0.5, 0.6) is 0 Å². The van der Waals surface area contributed by atoms with E-state index >= 15 is 0 Å². The van der Waals surface area contributed by atoms with Crippen molar-refractivity contribution < 1.29 is 66.7 Å². The Morgan fingerprint density at radius 3 is 1.17 bits per heavy atom. The van der Waals surface area contributed by atoms with Crippen LogP contribution in [0.15, 0.2) is 97.1 Å². The second kappa shape index (κ2) is 20.4. The lowest BCUT2D eigenvalue weighted by molar-refractivity contribution is -0.226. The van der Waals surface area contributed by atoms with Crippen LogP contribution in [0.3, 0.4) is 0 Å². The van der Waals surface area contributed by atoms with Crippen LogP contribution in [0.4, 0.5) is 11.4 Å². The van der Waals surface area contributed by atoms with E-state index in [1.54, 1.807) is 0 Å². The number of rotatable bonds is 8. The maximum Gasteiger partial charge on any atom is 0.303 e. The summed E-state index contributed by atoms with van der Waals surface area (Å²) < 4.78 is 46.5. The number of fused-ring (bicyclic) bond motifs is 14. The number of esters is 6. The number of H-pyrrole nitrogens is 2. The fourth-order valence-corrected chi connectivity index (χ4v) is 13.0. The summed E-state index contributed by atoms with van der Waals surface area (Å²) in [4.78, 5) is 84.2.